The number of aromatic nitrogens is 3. The molecule has 6 nitrogen and oxygen atoms in total. The fraction of sp³-hybridized carbons (Fsp3) is 0. The largest absolute Gasteiger partial charge is 0.349 e. The molecule has 2 aromatic heterocycles. The molecule has 0 fully saturated rings. The third kappa shape index (κ3) is 2.93. The number of hydrogen-bond donors (Lipinski definition) is 1. The van der Waals surface area contributed by atoms with E-state index in [4.69, 9.17) is 0 Å². The molecule has 2 aromatic carbocycles. The van der Waals surface area contributed by atoms with E-state index in [1.807, 2.05) is 47.2 Å². The van der Waals surface area contributed by atoms with Crippen LogP contribution in [0.5, 0.6) is 0 Å². The highest BCUT2D eigenvalue weighted by atomic mass is 79.9. The van der Waals surface area contributed by atoms with Crippen LogP contribution in [0.2, 0.25) is 0 Å². The number of aromatic amines is 1. The summed E-state index contributed by atoms with van der Waals surface area (Å²) in [7, 11) is 0. The summed E-state index contributed by atoms with van der Waals surface area (Å²) in [4.78, 5) is 27.4. The Balaban J connectivity index is 1.78. The molecule has 0 unspecified atom stereocenters. The maximum Gasteiger partial charge on any atom is 0.349 e. The lowest BCUT2D eigenvalue weighted by molar-refractivity contribution is 0.770. The standard InChI is InChI=1S/C19H13BrN4O2/c20-13-7-9-14(10-8-13)23-11-3-4-15(23)12-21-24-18(25)16-5-1-2-6-17(16)22-19(24)26/h1-12H,(H,22,26). The van der Waals surface area contributed by atoms with Gasteiger partial charge in [-0.25, -0.2) is 4.79 Å². The Hall–Kier alpha value is -3.19. The Morgan fingerprint density at radius 3 is 2.54 bits per heavy atom. The molecule has 1 N–H and O–H groups in total. The van der Waals surface area contributed by atoms with Crippen LogP contribution in [0.4, 0.5) is 0 Å². The third-order valence-corrected chi connectivity index (χ3v) is 4.50. The fourth-order valence-electron chi connectivity index (χ4n) is 2.71. The van der Waals surface area contributed by atoms with Crippen molar-refractivity contribution in [2.24, 2.45) is 5.10 Å². The van der Waals surface area contributed by atoms with Gasteiger partial charge in [-0.2, -0.15) is 5.10 Å². The monoisotopic (exact) mass is 408 g/mol. The van der Waals surface area contributed by atoms with Crippen molar-refractivity contribution >= 4 is 33.0 Å². The van der Waals surface area contributed by atoms with E-state index in [0.29, 0.717) is 10.9 Å². The third-order valence-electron chi connectivity index (χ3n) is 3.97. The summed E-state index contributed by atoms with van der Waals surface area (Å²) < 4.78 is 3.73. The predicted molar refractivity (Wildman–Crippen MR) is 105 cm³/mol. The summed E-state index contributed by atoms with van der Waals surface area (Å²) in [6.07, 6.45) is 3.38. The van der Waals surface area contributed by atoms with Crippen molar-refractivity contribution in [2.45, 2.75) is 0 Å². The van der Waals surface area contributed by atoms with Gasteiger partial charge in [0.2, 0.25) is 0 Å². The molecule has 0 aliphatic carbocycles. The highest BCUT2D eigenvalue weighted by Gasteiger charge is 2.06. The topological polar surface area (TPSA) is 72.2 Å². The van der Waals surface area contributed by atoms with Crippen LogP contribution in [0.15, 0.2) is 86.0 Å². The van der Waals surface area contributed by atoms with Crippen LogP contribution in [-0.2, 0) is 0 Å². The van der Waals surface area contributed by atoms with Crippen molar-refractivity contribution in [3.63, 3.8) is 0 Å². The summed E-state index contributed by atoms with van der Waals surface area (Å²) in [5.41, 5.74) is 1.15. The van der Waals surface area contributed by atoms with Gasteiger partial charge in [-0.3, -0.25) is 4.79 Å². The van der Waals surface area contributed by atoms with Crippen molar-refractivity contribution in [2.75, 3.05) is 0 Å². The lowest BCUT2D eigenvalue weighted by Gasteiger charge is -2.06. The number of H-pyrrole nitrogens is 1. The zero-order valence-electron chi connectivity index (χ0n) is 13.5. The molecular weight excluding hydrogens is 396 g/mol. The molecule has 0 aliphatic rings. The quantitative estimate of drug-likeness (QED) is 0.528. The molecule has 0 amide bonds. The summed E-state index contributed by atoms with van der Waals surface area (Å²) in [5.74, 6) is 0. The van der Waals surface area contributed by atoms with E-state index in [-0.39, 0.29) is 0 Å². The highest BCUT2D eigenvalue weighted by Crippen LogP contribution is 2.16. The minimum Gasteiger partial charge on any atom is -0.316 e. The van der Waals surface area contributed by atoms with Gasteiger partial charge in [0.15, 0.2) is 0 Å². The van der Waals surface area contributed by atoms with Crippen molar-refractivity contribution in [3.8, 4) is 5.69 Å². The number of hydrogen-bond acceptors (Lipinski definition) is 3. The van der Waals surface area contributed by atoms with Gasteiger partial charge in [-0.05, 0) is 48.5 Å². The highest BCUT2D eigenvalue weighted by molar-refractivity contribution is 9.10. The van der Waals surface area contributed by atoms with Crippen molar-refractivity contribution in [1.82, 2.24) is 14.2 Å². The van der Waals surface area contributed by atoms with Crippen LogP contribution in [0.3, 0.4) is 0 Å². The van der Waals surface area contributed by atoms with Gasteiger partial charge in [-0.15, -0.1) is 4.68 Å². The number of halogens is 1. The maximum absolute atomic E-state index is 12.5. The fourth-order valence-corrected chi connectivity index (χ4v) is 2.98. The second-order valence-electron chi connectivity index (χ2n) is 5.62. The molecule has 0 radical (unpaired) electrons. The summed E-state index contributed by atoms with van der Waals surface area (Å²) in [6, 6.07) is 18.4. The van der Waals surface area contributed by atoms with Crippen LogP contribution in [0.1, 0.15) is 5.69 Å². The Kier molecular flexibility index (Phi) is 4.14. The van der Waals surface area contributed by atoms with Gasteiger partial charge in [0.05, 0.1) is 22.8 Å². The Morgan fingerprint density at radius 1 is 0.962 bits per heavy atom. The van der Waals surface area contributed by atoms with E-state index in [1.165, 1.54) is 6.21 Å². The normalized spacial score (nSPS) is 11.4. The smallest absolute Gasteiger partial charge is 0.316 e. The van der Waals surface area contributed by atoms with Crippen LogP contribution in [0.25, 0.3) is 16.6 Å². The second kappa shape index (κ2) is 6.61. The predicted octanol–water partition coefficient (Wildman–Crippen LogP) is 3.13. The minimum atomic E-state index is -0.577. The Labute approximate surface area is 156 Å². The number of nitrogens with one attached hydrogen (secondary N) is 1. The van der Waals surface area contributed by atoms with Crippen LogP contribution >= 0.6 is 15.9 Å². The van der Waals surface area contributed by atoms with E-state index >= 15 is 0 Å². The van der Waals surface area contributed by atoms with Crippen molar-refractivity contribution in [3.05, 3.63) is 97.9 Å². The summed E-state index contributed by atoms with van der Waals surface area (Å²) >= 11 is 3.41. The summed E-state index contributed by atoms with van der Waals surface area (Å²) in [5, 5.41) is 4.52. The first-order valence-corrected chi connectivity index (χ1v) is 8.64. The average molecular weight is 409 g/mol. The maximum atomic E-state index is 12.5. The van der Waals surface area contributed by atoms with Crippen molar-refractivity contribution < 1.29 is 0 Å². The summed E-state index contributed by atoms with van der Waals surface area (Å²) in [6.45, 7) is 0. The number of rotatable bonds is 3. The molecule has 0 spiro atoms. The average Bonchev–Trinajstić information content (AvgIpc) is 3.11. The molecule has 128 valence electrons. The molecule has 0 saturated heterocycles. The number of benzene rings is 2. The minimum absolute atomic E-state index is 0.410. The number of fused-ring (bicyclic) bond motifs is 1. The van der Waals surface area contributed by atoms with Crippen LogP contribution in [0, 0.1) is 0 Å². The lowest BCUT2D eigenvalue weighted by Crippen LogP contribution is -2.32. The molecule has 2 heterocycles. The molecular formula is C19H13BrN4O2. The Morgan fingerprint density at radius 2 is 1.73 bits per heavy atom. The van der Waals surface area contributed by atoms with Crippen molar-refractivity contribution in [1.29, 1.82) is 0 Å². The van der Waals surface area contributed by atoms with Gasteiger partial charge < -0.3 is 9.55 Å². The SMILES string of the molecule is O=c1[nH]c2ccccc2c(=O)n1N=Cc1cccn1-c1ccc(Br)cc1. The van der Waals surface area contributed by atoms with E-state index < -0.39 is 11.2 Å². The molecule has 26 heavy (non-hydrogen) atoms. The van der Waals surface area contributed by atoms with Gasteiger partial charge in [0.25, 0.3) is 5.56 Å². The van der Waals surface area contributed by atoms with Crippen LogP contribution < -0.4 is 11.2 Å². The zero-order chi connectivity index (χ0) is 18.1. The van der Waals surface area contributed by atoms with Gasteiger partial charge in [0.1, 0.15) is 0 Å². The number of nitrogens with zero attached hydrogens (tertiary/aromatic N) is 3. The first-order valence-electron chi connectivity index (χ1n) is 7.85. The van der Waals surface area contributed by atoms with E-state index in [9.17, 15) is 9.59 Å². The molecule has 0 bridgehead atoms. The lowest BCUT2D eigenvalue weighted by atomic mass is 10.2. The molecule has 0 aliphatic heterocycles. The van der Waals surface area contributed by atoms with E-state index in [2.05, 4.69) is 26.0 Å². The van der Waals surface area contributed by atoms with Crippen LogP contribution in [-0.4, -0.2) is 20.4 Å². The second-order valence-corrected chi connectivity index (χ2v) is 6.53. The van der Waals surface area contributed by atoms with E-state index in [1.54, 1.807) is 24.3 Å². The molecule has 0 atom stereocenters. The first kappa shape index (κ1) is 16.3. The molecule has 0 saturated carbocycles. The van der Waals surface area contributed by atoms with E-state index in [0.717, 1.165) is 20.5 Å². The molecule has 4 rings (SSSR count). The molecule has 7 heteroatoms. The zero-order valence-corrected chi connectivity index (χ0v) is 15.1. The van der Waals surface area contributed by atoms with Gasteiger partial charge in [0, 0.05) is 16.4 Å². The number of para-hydroxylation sites is 1. The molecule has 4 aromatic rings. The Bertz CT molecular complexity index is 1230. The van der Waals surface area contributed by atoms with Gasteiger partial charge in [-0.1, -0.05) is 28.1 Å². The van der Waals surface area contributed by atoms with Gasteiger partial charge >= 0.3 is 5.69 Å². The first-order chi connectivity index (χ1) is 12.6.